The molecule has 0 aromatic carbocycles. The summed E-state index contributed by atoms with van der Waals surface area (Å²) in [5.74, 6) is -0.264. The fraction of sp³-hybridized carbons (Fsp3) is 0.200. The van der Waals surface area contributed by atoms with Crippen molar-refractivity contribution in [3.05, 3.63) is 27.4 Å². The van der Waals surface area contributed by atoms with Crippen LogP contribution in [0.15, 0.2) is 15.9 Å². The van der Waals surface area contributed by atoms with Gasteiger partial charge >= 0.3 is 5.97 Å². The normalized spacial score (nSPS) is 10.7. The predicted octanol–water partition coefficient (Wildman–Crippen LogP) is 2.92. The van der Waals surface area contributed by atoms with E-state index in [1.165, 1.54) is 11.3 Å². The van der Waals surface area contributed by atoms with Crippen LogP contribution in [0.25, 0.3) is 10.6 Å². The molecule has 16 heavy (non-hydrogen) atoms. The summed E-state index contributed by atoms with van der Waals surface area (Å²) >= 11 is 4.81. The number of aryl methyl sites for hydroxylation is 1. The number of aromatic carboxylic acids is 1. The van der Waals surface area contributed by atoms with Gasteiger partial charge < -0.3 is 9.67 Å². The first-order valence-corrected chi connectivity index (χ1v) is 6.19. The molecule has 2 rings (SSSR count). The van der Waals surface area contributed by atoms with E-state index < -0.39 is 5.97 Å². The maximum Gasteiger partial charge on any atom is 0.354 e. The van der Waals surface area contributed by atoms with Crippen molar-refractivity contribution < 1.29 is 9.90 Å². The summed E-state index contributed by atoms with van der Waals surface area (Å²) in [6, 6.07) is 1.87. The van der Waals surface area contributed by atoms with E-state index in [4.69, 9.17) is 5.11 Å². The summed E-state index contributed by atoms with van der Waals surface area (Å²) in [6.45, 7) is 1.79. The number of nitrogens with zero attached hydrogens (tertiary/aromatic N) is 2. The van der Waals surface area contributed by atoms with Crippen molar-refractivity contribution in [1.82, 2.24) is 9.55 Å². The van der Waals surface area contributed by atoms with Gasteiger partial charge in [0.25, 0.3) is 0 Å². The molecule has 0 unspecified atom stereocenters. The Labute approximate surface area is 105 Å². The summed E-state index contributed by atoms with van der Waals surface area (Å²) in [7, 11) is 1.71. The van der Waals surface area contributed by atoms with Gasteiger partial charge in [-0.1, -0.05) is 0 Å². The molecule has 0 aliphatic carbocycles. The standard InChI is InChI=1S/C10H9BrN2O2S/c1-5-12-8(7-3-6(11)4-16-7)9(10(14)15)13(5)2/h3-4H,1-2H3,(H,14,15). The monoisotopic (exact) mass is 300 g/mol. The number of aromatic nitrogens is 2. The number of hydrogen-bond acceptors (Lipinski definition) is 3. The third kappa shape index (κ3) is 1.78. The zero-order chi connectivity index (χ0) is 11.9. The first-order chi connectivity index (χ1) is 7.50. The molecule has 0 radical (unpaired) electrons. The Morgan fingerprint density at radius 1 is 1.62 bits per heavy atom. The predicted molar refractivity (Wildman–Crippen MR) is 65.9 cm³/mol. The highest BCUT2D eigenvalue weighted by molar-refractivity contribution is 9.10. The third-order valence-corrected chi connectivity index (χ3v) is 4.02. The second kappa shape index (κ2) is 4.03. The van der Waals surface area contributed by atoms with E-state index in [2.05, 4.69) is 20.9 Å². The molecule has 0 aliphatic rings. The first kappa shape index (κ1) is 11.3. The maximum absolute atomic E-state index is 11.2. The molecule has 4 nitrogen and oxygen atoms in total. The van der Waals surface area contributed by atoms with Crippen LogP contribution in [0.5, 0.6) is 0 Å². The second-order valence-corrected chi connectivity index (χ2v) is 5.18. The minimum absolute atomic E-state index is 0.229. The number of rotatable bonds is 2. The molecule has 0 aliphatic heterocycles. The van der Waals surface area contributed by atoms with Crippen LogP contribution in [-0.4, -0.2) is 20.6 Å². The number of imidazole rings is 1. The summed E-state index contributed by atoms with van der Waals surface area (Å²) in [4.78, 5) is 16.3. The Morgan fingerprint density at radius 2 is 2.31 bits per heavy atom. The molecule has 0 saturated carbocycles. The van der Waals surface area contributed by atoms with Crippen LogP contribution in [0.3, 0.4) is 0 Å². The van der Waals surface area contributed by atoms with Gasteiger partial charge in [0.2, 0.25) is 0 Å². The van der Waals surface area contributed by atoms with Crippen molar-refractivity contribution >= 4 is 33.2 Å². The second-order valence-electron chi connectivity index (χ2n) is 3.35. The zero-order valence-electron chi connectivity index (χ0n) is 8.69. The van der Waals surface area contributed by atoms with Crippen LogP contribution in [0.1, 0.15) is 16.3 Å². The van der Waals surface area contributed by atoms with Gasteiger partial charge in [0, 0.05) is 16.9 Å². The van der Waals surface area contributed by atoms with Crippen molar-refractivity contribution in [2.75, 3.05) is 0 Å². The third-order valence-electron chi connectivity index (χ3n) is 2.32. The average Bonchev–Trinajstić information content (AvgIpc) is 2.73. The smallest absolute Gasteiger partial charge is 0.354 e. The molecule has 0 saturated heterocycles. The molecule has 2 heterocycles. The fourth-order valence-corrected chi connectivity index (χ4v) is 2.88. The van der Waals surface area contributed by atoms with Crippen molar-refractivity contribution in [3.63, 3.8) is 0 Å². The Hall–Kier alpha value is -1.14. The van der Waals surface area contributed by atoms with Crippen LogP contribution in [0.4, 0.5) is 0 Å². The Morgan fingerprint density at radius 3 is 2.81 bits per heavy atom. The van der Waals surface area contributed by atoms with Crippen LogP contribution in [0, 0.1) is 6.92 Å². The summed E-state index contributed by atoms with van der Waals surface area (Å²) < 4.78 is 2.53. The molecule has 1 N–H and O–H groups in total. The van der Waals surface area contributed by atoms with E-state index in [9.17, 15) is 4.79 Å². The van der Waals surface area contributed by atoms with Gasteiger partial charge in [0.05, 0.1) is 4.88 Å². The van der Waals surface area contributed by atoms with Gasteiger partial charge in [0.15, 0.2) is 5.69 Å². The SMILES string of the molecule is Cc1nc(-c2cc(Br)cs2)c(C(=O)O)n1C. The quantitative estimate of drug-likeness (QED) is 0.928. The number of thiophene rings is 1. The summed E-state index contributed by atoms with van der Waals surface area (Å²) in [6.07, 6.45) is 0. The van der Waals surface area contributed by atoms with Gasteiger partial charge in [-0.2, -0.15) is 0 Å². The number of hydrogen-bond donors (Lipinski definition) is 1. The minimum Gasteiger partial charge on any atom is -0.477 e. The van der Waals surface area contributed by atoms with Crippen LogP contribution >= 0.6 is 27.3 Å². The molecular formula is C10H9BrN2O2S. The number of halogens is 1. The lowest BCUT2D eigenvalue weighted by molar-refractivity contribution is 0.0687. The van der Waals surface area contributed by atoms with E-state index in [1.54, 1.807) is 18.5 Å². The largest absolute Gasteiger partial charge is 0.477 e. The minimum atomic E-state index is -0.956. The van der Waals surface area contributed by atoms with E-state index in [0.717, 1.165) is 9.35 Å². The molecule has 0 spiro atoms. The molecule has 0 amide bonds. The topological polar surface area (TPSA) is 55.1 Å². The van der Waals surface area contributed by atoms with Gasteiger partial charge in [-0.15, -0.1) is 11.3 Å². The van der Waals surface area contributed by atoms with Crippen LogP contribution < -0.4 is 0 Å². The van der Waals surface area contributed by atoms with Crippen LogP contribution in [-0.2, 0) is 7.05 Å². The number of carboxylic acid groups (broad SMARTS) is 1. The summed E-state index contributed by atoms with van der Waals surface area (Å²) in [5.41, 5.74) is 0.759. The van der Waals surface area contributed by atoms with Crippen molar-refractivity contribution in [2.24, 2.45) is 7.05 Å². The van der Waals surface area contributed by atoms with Crippen molar-refractivity contribution in [1.29, 1.82) is 0 Å². The molecule has 84 valence electrons. The average molecular weight is 301 g/mol. The molecule has 2 aromatic heterocycles. The van der Waals surface area contributed by atoms with Gasteiger partial charge in [-0.05, 0) is 28.9 Å². The highest BCUT2D eigenvalue weighted by atomic mass is 79.9. The highest BCUT2D eigenvalue weighted by Gasteiger charge is 2.20. The van der Waals surface area contributed by atoms with E-state index in [0.29, 0.717) is 11.5 Å². The lowest BCUT2D eigenvalue weighted by Crippen LogP contribution is -2.06. The Bertz CT molecular complexity index is 559. The fourth-order valence-electron chi connectivity index (χ4n) is 1.46. The molecule has 0 bridgehead atoms. The lowest BCUT2D eigenvalue weighted by atomic mass is 10.3. The zero-order valence-corrected chi connectivity index (χ0v) is 11.1. The van der Waals surface area contributed by atoms with Gasteiger partial charge in [0.1, 0.15) is 11.5 Å². The highest BCUT2D eigenvalue weighted by Crippen LogP contribution is 2.31. The van der Waals surface area contributed by atoms with Gasteiger partial charge in [-0.3, -0.25) is 0 Å². The van der Waals surface area contributed by atoms with E-state index >= 15 is 0 Å². The molecule has 6 heteroatoms. The maximum atomic E-state index is 11.2. The molecule has 0 atom stereocenters. The van der Waals surface area contributed by atoms with Crippen molar-refractivity contribution in [2.45, 2.75) is 6.92 Å². The first-order valence-electron chi connectivity index (χ1n) is 4.51. The van der Waals surface area contributed by atoms with Crippen LogP contribution in [0.2, 0.25) is 0 Å². The van der Waals surface area contributed by atoms with E-state index in [1.807, 2.05) is 11.4 Å². The molecule has 0 fully saturated rings. The van der Waals surface area contributed by atoms with Gasteiger partial charge in [-0.25, -0.2) is 9.78 Å². The number of carboxylic acids is 1. The lowest BCUT2D eigenvalue weighted by Gasteiger charge is -1.99. The number of carbonyl (C=O) groups is 1. The Balaban J connectivity index is 2.65. The Kier molecular flexibility index (Phi) is 2.86. The summed E-state index contributed by atoms with van der Waals surface area (Å²) in [5, 5.41) is 11.1. The molecular weight excluding hydrogens is 292 g/mol. The van der Waals surface area contributed by atoms with Crippen molar-refractivity contribution in [3.8, 4) is 10.6 Å². The molecule has 2 aromatic rings. The van der Waals surface area contributed by atoms with E-state index in [-0.39, 0.29) is 5.69 Å².